The molecule has 0 atom stereocenters. The van der Waals surface area contributed by atoms with E-state index in [0.29, 0.717) is 10.8 Å². The normalized spacial score (nSPS) is 10.7. The fourth-order valence-corrected chi connectivity index (χ4v) is 2.56. The number of nitrogens with one attached hydrogen (secondary N) is 1. The highest BCUT2D eigenvalue weighted by Crippen LogP contribution is 2.23. The summed E-state index contributed by atoms with van der Waals surface area (Å²) in [5.41, 5.74) is 3.27. The van der Waals surface area contributed by atoms with Crippen LogP contribution in [0, 0.1) is 6.92 Å². The number of amides is 1. The van der Waals surface area contributed by atoms with Crippen LogP contribution in [0.3, 0.4) is 0 Å². The number of hydrogen-bond acceptors (Lipinski definition) is 3. The Balaban J connectivity index is 1.65. The van der Waals surface area contributed by atoms with Gasteiger partial charge in [-0.3, -0.25) is 9.79 Å². The molecule has 0 aliphatic carbocycles. The Morgan fingerprint density at radius 2 is 1.81 bits per heavy atom. The lowest BCUT2D eigenvalue weighted by atomic mass is 10.2. The van der Waals surface area contributed by atoms with Gasteiger partial charge in [-0.25, -0.2) is 0 Å². The van der Waals surface area contributed by atoms with Gasteiger partial charge in [0.25, 0.3) is 5.91 Å². The van der Waals surface area contributed by atoms with Gasteiger partial charge in [0.05, 0.1) is 5.69 Å². The summed E-state index contributed by atoms with van der Waals surface area (Å²) in [5, 5.41) is 3.46. The van der Waals surface area contributed by atoms with Crippen molar-refractivity contribution in [2.75, 3.05) is 11.9 Å². The Hall–Kier alpha value is -3.11. The van der Waals surface area contributed by atoms with Crippen LogP contribution < -0.4 is 10.1 Å². The highest BCUT2D eigenvalue weighted by molar-refractivity contribution is 6.31. The third-order valence-electron chi connectivity index (χ3n) is 3.84. The molecule has 0 aliphatic rings. The maximum atomic E-state index is 12.1. The number of benzene rings is 3. The minimum absolute atomic E-state index is 0.0872. The number of carbonyl (C=O) groups excluding carboxylic acids is 1. The maximum Gasteiger partial charge on any atom is 0.262 e. The van der Waals surface area contributed by atoms with E-state index in [1.54, 1.807) is 12.3 Å². The first-order valence-electron chi connectivity index (χ1n) is 8.49. The molecule has 5 heteroatoms. The number of nitrogens with zero attached hydrogens (tertiary/aromatic N) is 1. The molecule has 0 radical (unpaired) electrons. The highest BCUT2D eigenvalue weighted by Gasteiger charge is 2.06. The summed E-state index contributed by atoms with van der Waals surface area (Å²) in [6.45, 7) is 1.86. The van der Waals surface area contributed by atoms with E-state index in [9.17, 15) is 4.79 Å². The Morgan fingerprint density at radius 1 is 1.07 bits per heavy atom. The number of carbonyl (C=O) groups is 1. The smallest absolute Gasteiger partial charge is 0.262 e. The van der Waals surface area contributed by atoms with Gasteiger partial charge in [-0.1, -0.05) is 48.0 Å². The minimum Gasteiger partial charge on any atom is -0.483 e. The van der Waals surface area contributed by atoms with Gasteiger partial charge in [-0.15, -0.1) is 0 Å². The van der Waals surface area contributed by atoms with Gasteiger partial charge in [0.1, 0.15) is 5.75 Å². The molecule has 4 nitrogen and oxygen atoms in total. The number of aliphatic imine (C=N–C) groups is 1. The summed E-state index contributed by atoms with van der Waals surface area (Å²) >= 11 is 6.13. The molecule has 1 N–H and O–H groups in total. The van der Waals surface area contributed by atoms with E-state index in [-0.39, 0.29) is 12.5 Å². The Morgan fingerprint density at radius 3 is 2.59 bits per heavy atom. The number of rotatable bonds is 6. The predicted octanol–water partition coefficient (Wildman–Crippen LogP) is 5.42. The van der Waals surface area contributed by atoms with Gasteiger partial charge >= 0.3 is 0 Å². The molecule has 1 amide bonds. The monoisotopic (exact) mass is 378 g/mol. The van der Waals surface area contributed by atoms with Crippen molar-refractivity contribution in [2.24, 2.45) is 4.99 Å². The van der Waals surface area contributed by atoms with Crippen LogP contribution in [0.5, 0.6) is 5.75 Å². The predicted molar refractivity (Wildman–Crippen MR) is 110 cm³/mol. The first kappa shape index (κ1) is 18.7. The molecule has 0 saturated carbocycles. The van der Waals surface area contributed by atoms with Crippen molar-refractivity contribution >= 4 is 35.1 Å². The third-order valence-corrected chi connectivity index (χ3v) is 4.25. The third kappa shape index (κ3) is 5.43. The zero-order valence-corrected chi connectivity index (χ0v) is 15.6. The zero-order chi connectivity index (χ0) is 19.1. The molecule has 0 aliphatic heterocycles. The maximum absolute atomic E-state index is 12.1. The van der Waals surface area contributed by atoms with Crippen LogP contribution in [-0.4, -0.2) is 18.7 Å². The van der Waals surface area contributed by atoms with E-state index < -0.39 is 0 Å². The van der Waals surface area contributed by atoms with Crippen molar-refractivity contribution in [1.82, 2.24) is 0 Å². The van der Waals surface area contributed by atoms with E-state index in [1.165, 1.54) is 0 Å². The SMILES string of the molecule is Cc1ccc(N=Cc2ccccc2OCC(=O)Nc2ccccc2)cc1Cl. The lowest BCUT2D eigenvalue weighted by molar-refractivity contribution is -0.118. The average Bonchev–Trinajstić information content (AvgIpc) is 2.69. The molecular weight excluding hydrogens is 360 g/mol. The molecule has 136 valence electrons. The lowest BCUT2D eigenvalue weighted by Gasteiger charge is -2.09. The lowest BCUT2D eigenvalue weighted by Crippen LogP contribution is -2.20. The summed E-state index contributed by atoms with van der Waals surface area (Å²) in [5.74, 6) is 0.362. The Labute approximate surface area is 163 Å². The summed E-state index contributed by atoms with van der Waals surface area (Å²) in [7, 11) is 0. The molecule has 3 aromatic carbocycles. The quantitative estimate of drug-likeness (QED) is 0.582. The molecule has 27 heavy (non-hydrogen) atoms. The van der Waals surface area contributed by atoms with Crippen LogP contribution in [-0.2, 0) is 4.79 Å². The number of para-hydroxylation sites is 2. The van der Waals surface area contributed by atoms with Gasteiger partial charge in [0.2, 0.25) is 0 Å². The summed E-state index contributed by atoms with van der Waals surface area (Å²) in [6.07, 6.45) is 1.70. The number of ether oxygens (including phenoxy) is 1. The molecule has 0 bridgehead atoms. The van der Waals surface area contributed by atoms with Crippen molar-refractivity contribution in [2.45, 2.75) is 6.92 Å². The van der Waals surface area contributed by atoms with E-state index in [0.717, 1.165) is 22.5 Å². The fraction of sp³-hybridized carbons (Fsp3) is 0.0909. The standard InChI is InChI=1S/C22H19ClN2O2/c1-16-11-12-19(13-20(16)23)24-14-17-7-5-6-10-21(17)27-15-22(26)25-18-8-3-2-4-9-18/h2-14H,15H2,1H3,(H,25,26). The van der Waals surface area contributed by atoms with E-state index in [4.69, 9.17) is 16.3 Å². The van der Waals surface area contributed by atoms with Crippen molar-refractivity contribution in [3.05, 3.63) is 88.9 Å². The topological polar surface area (TPSA) is 50.7 Å². The molecule has 0 fully saturated rings. The molecular formula is C22H19ClN2O2. The van der Waals surface area contributed by atoms with Crippen LogP contribution in [0.25, 0.3) is 0 Å². The molecule has 0 spiro atoms. The molecule has 0 heterocycles. The molecule has 0 unspecified atom stereocenters. The molecule has 3 aromatic rings. The van der Waals surface area contributed by atoms with Gasteiger partial charge in [-0.2, -0.15) is 0 Å². The van der Waals surface area contributed by atoms with Crippen LogP contribution in [0.1, 0.15) is 11.1 Å². The van der Waals surface area contributed by atoms with Crippen LogP contribution in [0.15, 0.2) is 77.8 Å². The van der Waals surface area contributed by atoms with Crippen LogP contribution in [0.2, 0.25) is 5.02 Å². The van der Waals surface area contributed by atoms with Gasteiger partial charge < -0.3 is 10.1 Å². The zero-order valence-electron chi connectivity index (χ0n) is 14.9. The second kappa shape index (κ2) is 9.01. The second-order valence-corrected chi connectivity index (χ2v) is 6.34. The van der Waals surface area contributed by atoms with Crippen molar-refractivity contribution < 1.29 is 9.53 Å². The molecule has 3 rings (SSSR count). The van der Waals surface area contributed by atoms with Gasteiger partial charge in [-0.05, 0) is 48.9 Å². The summed E-state index contributed by atoms with van der Waals surface area (Å²) in [4.78, 5) is 16.5. The minimum atomic E-state index is -0.224. The van der Waals surface area contributed by atoms with Gasteiger partial charge in [0.15, 0.2) is 6.61 Å². The number of anilines is 1. The Kier molecular flexibility index (Phi) is 6.23. The highest BCUT2D eigenvalue weighted by atomic mass is 35.5. The van der Waals surface area contributed by atoms with Crippen LogP contribution >= 0.6 is 11.6 Å². The van der Waals surface area contributed by atoms with Crippen molar-refractivity contribution in [3.63, 3.8) is 0 Å². The van der Waals surface area contributed by atoms with E-state index >= 15 is 0 Å². The number of hydrogen-bond donors (Lipinski definition) is 1. The summed E-state index contributed by atoms with van der Waals surface area (Å²) in [6, 6.07) is 22.3. The molecule has 0 aromatic heterocycles. The number of aryl methyl sites for hydroxylation is 1. The first-order valence-corrected chi connectivity index (χ1v) is 8.86. The largest absolute Gasteiger partial charge is 0.483 e. The fourth-order valence-electron chi connectivity index (χ4n) is 2.39. The van der Waals surface area contributed by atoms with Gasteiger partial charge in [0, 0.05) is 22.5 Å². The second-order valence-electron chi connectivity index (χ2n) is 5.93. The van der Waals surface area contributed by atoms with Crippen LogP contribution in [0.4, 0.5) is 11.4 Å². The average molecular weight is 379 g/mol. The molecule has 0 saturated heterocycles. The Bertz CT molecular complexity index is 956. The van der Waals surface area contributed by atoms with Crippen molar-refractivity contribution in [3.8, 4) is 5.75 Å². The number of halogens is 1. The van der Waals surface area contributed by atoms with Crippen molar-refractivity contribution in [1.29, 1.82) is 0 Å². The summed E-state index contributed by atoms with van der Waals surface area (Å²) < 4.78 is 5.67. The van der Waals surface area contributed by atoms with E-state index in [2.05, 4.69) is 10.3 Å². The first-order chi connectivity index (χ1) is 13.1. The van der Waals surface area contributed by atoms with E-state index in [1.807, 2.05) is 73.7 Å².